The largest absolute Gasteiger partial charge is 0.368 e. The van der Waals surface area contributed by atoms with E-state index in [0.29, 0.717) is 6.42 Å². The zero-order valence-corrected chi connectivity index (χ0v) is 7.62. The molecule has 1 aliphatic rings. The van der Waals surface area contributed by atoms with Gasteiger partial charge in [-0.1, -0.05) is 6.92 Å². The van der Waals surface area contributed by atoms with Crippen LogP contribution in [0.4, 0.5) is 4.39 Å². The van der Waals surface area contributed by atoms with Crippen LogP contribution in [-0.4, -0.2) is 42.6 Å². The van der Waals surface area contributed by atoms with Crippen molar-refractivity contribution < 1.29 is 18.7 Å². The highest BCUT2D eigenvalue weighted by Gasteiger charge is 2.48. The number of alkyl halides is 1. The van der Waals surface area contributed by atoms with E-state index in [1.54, 1.807) is 0 Å². The minimum atomic E-state index is -1.83. The zero-order valence-electron chi connectivity index (χ0n) is 7.62. The van der Waals surface area contributed by atoms with E-state index >= 15 is 0 Å². The second kappa shape index (κ2) is 3.83. The first kappa shape index (κ1) is 10.1. The van der Waals surface area contributed by atoms with Gasteiger partial charge in [0.2, 0.25) is 6.17 Å². The van der Waals surface area contributed by atoms with Crippen LogP contribution < -0.4 is 0 Å². The fourth-order valence-electron chi connectivity index (χ4n) is 1.33. The van der Waals surface area contributed by atoms with Crippen molar-refractivity contribution in [2.75, 3.05) is 13.7 Å². The summed E-state index contributed by atoms with van der Waals surface area (Å²) in [6.07, 6.45) is -2.44. The first-order valence-corrected chi connectivity index (χ1v) is 4.15. The normalized spacial score (nSPS) is 28.7. The first-order valence-electron chi connectivity index (χ1n) is 4.15. The molecule has 13 heavy (non-hydrogen) atoms. The van der Waals surface area contributed by atoms with Gasteiger partial charge in [-0.25, -0.2) is 4.39 Å². The summed E-state index contributed by atoms with van der Waals surface area (Å²) in [7, 11) is 1.22. The molecule has 1 heterocycles. The van der Waals surface area contributed by atoms with Crippen molar-refractivity contribution in [1.82, 2.24) is 4.90 Å². The van der Waals surface area contributed by atoms with Crippen molar-refractivity contribution in [1.29, 1.82) is 0 Å². The number of imide groups is 1. The molecule has 2 atom stereocenters. The quantitative estimate of drug-likeness (QED) is 0.592. The maximum absolute atomic E-state index is 13.1. The van der Waals surface area contributed by atoms with Gasteiger partial charge in [0, 0.05) is 13.7 Å². The molecule has 5 heteroatoms. The summed E-state index contributed by atoms with van der Waals surface area (Å²) in [6, 6.07) is 0. The molecule has 74 valence electrons. The number of hydrogen-bond acceptors (Lipinski definition) is 3. The van der Waals surface area contributed by atoms with Crippen LogP contribution in [0.25, 0.3) is 0 Å². The Kier molecular flexibility index (Phi) is 2.98. The molecule has 0 aromatic heterocycles. The number of hydrogen-bond donors (Lipinski definition) is 0. The van der Waals surface area contributed by atoms with Gasteiger partial charge < -0.3 is 4.74 Å². The van der Waals surface area contributed by atoms with Gasteiger partial charge in [-0.15, -0.1) is 0 Å². The highest BCUT2D eigenvalue weighted by atomic mass is 19.1. The van der Waals surface area contributed by atoms with Crippen molar-refractivity contribution in [3.8, 4) is 0 Å². The molecule has 0 bridgehead atoms. The maximum Gasteiger partial charge on any atom is 0.267 e. The molecule has 0 aromatic carbocycles. The van der Waals surface area contributed by atoms with Gasteiger partial charge in [-0.05, 0) is 6.42 Å². The Labute approximate surface area is 75.6 Å². The van der Waals surface area contributed by atoms with Crippen LogP contribution in [0.1, 0.15) is 13.3 Å². The first-order chi connectivity index (χ1) is 6.13. The summed E-state index contributed by atoms with van der Waals surface area (Å²) in [5, 5.41) is 0. The predicted octanol–water partition coefficient (Wildman–Crippen LogP) is 0.118. The third kappa shape index (κ3) is 1.56. The molecule has 1 rings (SSSR count). The van der Waals surface area contributed by atoms with Gasteiger partial charge >= 0.3 is 0 Å². The highest BCUT2D eigenvalue weighted by Crippen LogP contribution is 2.19. The lowest BCUT2D eigenvalue weighted by molar-refractivity contribution is -0.141. The van der Waals surface area contributed by atoms with Gasteiger partial charge in [0.25, 0.3) is 11.8 Å². The van der Waals surface area contributed by atoms with E-state index in [9.17, 15) is 14.0 Å². The van der Waals surface area contributed by atoms with Crippen molar-refractivity contribution in [3.05, 3.63) is 0 Å². The lowest BCUT2D eigenvalue weighted by Crippen LogP contribution is -2.33. The molecule has 1 fully saturated rings. The number of ether oxygens (including phenoxy) is 1. The Hall–Kier alpha value is -0.970. The van der Waals surface area contributed by atoms with E-state index in [1.165, 1.54) is 7.11 Å². The van der Waals surface area contributed by atoms with Crippen molar-refractivity contribution in [2.45, 2.75) is 25.6 Å². The van der Waals surface area contributed by atoms with E-state index in [0.717, 1.165) is 4.90 Å². The molecule has 0 aromatic rings. The monoisotopic (exact) mass is 189 g/mol. The van der Waals surface area contributed by atoms with Crippen molar-refractivity contribution in [2.24, 2.45) is 0 Å². The Balaban J connectivity index is 2.78. The summed E-state index contributed by atoms with van der Waals surface area (Å²) < 4.78 is 17.7. The number of nitrogens with zero attached hydrogens (tertiary/aromatic N) is 1. The summed E-state index contributed by atoms with van der Waals surface area (Å²) in [6.45, 7) is 2.08. The fourth-order valence-corrected chi connectivity index (χ4v) is 1.33. The lowest BCUT2D eigenvalue weighted by atomic mass is 10.3. The Morgan fingerprint density at radius 3 is 2.46 bits per heavy atom. The number of rotatable bonds is 3. The van der Waals surface area contributed by atoms with E-state index in [1.807, 2.05) is 6.92 Å². The SMILES string of the molecule is CCCN1C(=O)C(F)C(OC)C1=O. The van der Waals surface area contributed by atoms with Crippen LogP contribution in [-0.2, 0) is 14.3 Å². The van der Waals surface area contributed by atoms with Gasteiger partial charge in [0.05, 0.1) is 0 Å². The third-order valence-electron chi connectivity index (χ3n) is 1.98. The van der Waals surface area contributed by atoms with Crippen LogP contribution >= 0.6 is 0 Å². The molecule has 1 saturated heterocycles. The van der Waals surface area contributed by atoms with E-state index in [-0.39, 0.29) is 6.54 Å². The maximum atomic E-state index is 13.1. The average molecular weight is 189 g/mol. The van der Waals surface area contributed by atoms with Crippen LogP contribution in [0.2, 0.25) is 0 Å². The lowest BCUT2D eigenvalue weighted by Gasteiger charge is -2.11. The van der Waals surface area contributed by atoms with Gasteiger partial charge in [0.1, 0.15) is 0 Å². The zero-order chi connectivity index (χ0) is 10.0. The van der Waals surface area contributed by atoms with Gasteiger partial charge in [-0.3, -0.25) is 14.5 Å². The van der Waals surface area contributed by atoms with Crippen molar-refractivity contribution >= 4 is 11.8 Å². The summed E-state index contributed by atoms with van der Waals surface area (Å²) >= 11 is 0. The molecule has 0 spiro atoms. The van der Waals surface area contributed by atoms with Crippen molar-refractivity contribution in [3.63, 3.8) is 0 Å². The Bertz CT molecular complexity index is 231. The molecule has 0 N–H and O–H groups in total. The molecule has 2 amide bonds. The van der Waals surface area contributed by atoms with Gasteiger partial charge in [0.15, 0.2) is 6.10 Å². The van der Waals surface area contributed by atoms with E-state index in [2.05, 4.69) is 4.74 Å². The van der Waals surface area contributed by atoms with Gasteiger partial charge in [-0.2, -0.15) is 0 Å². The smallest absolute Gasteiger partial charge is 0.267 e. The number of likely N-dealkylation sites (tertiary alicyclic amines) is 1. The molecule has 0 aliphatic carbocycles. The molecule has 0 saturated carbocycles. The standard InChI is InChI=1S/C8H12FNO3/c1-3-4-10-7(11)5(9)6(13-2)8(10)12/h5-6H,3-4H2,1-2H3. The third-order valence-corrected chi connectivity index (χ3v) is 1.98. The molecular formula is C8H12FNO3. The summed E-state index contributed by atoms with van der Waals surface area (Å²) in [5.74, 6) is -1.35. The minimum Gasteiger partial charge on any atom is -0.368 e. The van der Waals surface area contributed by atoms with E-state index in [4.69, 9.17) is 0 Å². The summed E-state index contributed by atoms with van der Waals surface area (Å²) in [4.78, 5) is 23.3. The van der Waals surface area contributed by atoms with E-state index < -0.39 is 24.1 Å². The Morgan fingerprint density at radius 1 is 1.46 bits per heavy atom. The average Bonchev–Trinajstić information content (AvgIpc) is 2.31. The number of methoxy groups -OCH3 is 1. The van der Waals surface area contributed by atoms with Crippen LogP contribution in [0.15, 0.2) is 0 Å². The number of amides is 2. The highest BCUT2D eigenvalue weighted by molar-refractivity contribution is 6.07. The number of carbonyl (C=O) groups excluding carboxylic acids is 2. The fraction of sp³-hybridized carbons (Fsp3) is 0.750. The second-order valence-corrected chi connectivity index (χ2v) is 2.89. The Morgan fingerprint density at radius 2 is 2.08 bits per heavy atom. The van der Waals surface area contributed by atoms with Crippen LogP contribution in [0.5, 0.6) is 0 Å². The minimum absolute atomic E-state index is 0.262. The van der Waals surface area contributed by atoms with Crippen LogP contribution in [0, 0.1) is 0 Å². The molecule has 0 radical (unpaired) electrons. The molecular weight excluding hydrogens is 177 g/mol. The summed E-state index contributed by atoms with van der Waals surface area (Å²) in [5.41, 5.74) is 0. The molecule has 1 aliphatic heterocycles. The molecule has 2 unspecified atom stereocenters. The number of carbonyl (C=O) groups is 2. The van der Waals surface area contributed by atoms with Crippen LogP contribution in [0.3, 0.4) is 0 Å². The topological polar surface area (TPSA) is 46.6 Å². The molecule has 4 nitrogen and oxygen atoms in total. The second-order valence-electron chi connectivity index (χ2n) is 2.89. The predicted molar refractivity (Wildman–Crippen MR) is 42.7 cm³/mol. The number of halogens is 1.